The van der Waals surface area contributed by atoms with E-state index >= 15 is 0 Å². The van der Waals surface area contributed by atoms with E-state index in [9.17, 15) is 22.8 Å². The van der Waals surface area contributed by atoms with Gasteiger partial charge in [-0.25, -0.2) is 8.42 Å². The predicted octanol–water partition coefficient (Wildman–Crippen LogP) is 3.82. The van der Waals surface area contributed by atoms with Gasteiger partial charge < -0.3 is 15.0 Å². The fraction of sp³-hybridized carbons (Fsp3) is 0.552. The number of sulfonamides is 1. The van der Waals surface area contributed by atoms with Crippen LogP contribution in [0.25, 0.3) is 0 Å². The maximum absolute atomic E-state index is 13.5. The minimum atomic E-state index is -3.85. The van der Waals surface area contributed by atoms with Crippen molar-refractivity contribution in [1.29, 1.82) is 0 Å². The van der Waals surface area contributed by atoms with Gasteiger partial charge in [-0.2, -0.15) is 4.31 Å². The second-order valence-corrected chi connectivity index (χ2v) is 13.3. The van der Waals surface area contributed by atoms with Crippen LogP contribution in [-0.2, 0) is 32.5 Å². The smallest absolute Gasteiger partial charge is 0.310 e. The number of ether oxygens (including phenoxy) is 1. The van der Waals surface area contributed by atoms with Crippen LogP contribution in [0.5, 0.6) is 0 Å². The average Bonchev–Trinajstić information content (AvgIpc) is 3.34. The van der Waals surface area contributed by atoms with Gasteiger partial charge >= 0.3 is 5.97 Å². The highest BCUT2D eigenvalue weighted by Gasteiger charge is 2.34. The van der Waals surface area contributed by atoms with Crippen molar-refractivity contribution in [1.82, 2.24) is 14.1 Å². The third kappa shape index (κ3) is 6.66. The molecule has 10 nitrogen and oxygen atoms in total. The highest BCUT2D eigenvalue weighted by Crippen LogP contribution is 2.38. The zero-order valence-electron chi connectivity index (χ0n) is 24.3. The molecule has 1 aromatic heterocycles. The first-order valence-electron chi connectivity index (χ1n) is 14.4. The summed E-state index contributed by atoms with van der Waals surface area (Å²) in [6, 6.07) is 5.79. The Bertz CT molecular complexity index is 1370. The Balaban J connectivity index is 1.54. The lowest BCUT2D eigenvalue weighted by atomic mass is 10.0. The number of hydrogen-bond donors (Lipinski definition) is 1. The van der Waals surface area contributed by atoms with Crippen LogP contribution >= 0.6 is 11.3 Å². The molecule has 0 bridgehead atoms. The Morgan fingerprint density at radius 3 is 2.41 bits per heavy atom. The molecule has 2 aliphatic rings. The van der Waals surface area contributed by atoms with Gasteiger partial charge in [0.25, 0.3) is 11.8 Å². The third-order valence-electron chi connectivity index (χ3n) is 7.83. The van der Waals surface area contributed by atoms with E-state index in [0.717, 1.165) is 36.5 Å². The van der Waals surface area contributed by atoms with E-state index in [1.165, 1.54) is 39.9 Å². The van der Waals surface area contributed by atoms with E-state index in [-0.39, 0.29) is 35.5 Å². The monoisotopic (exact) mass is 604 g/mol. The van der Waals surface area contributed by atoms with E-state index in [4.69, 9.17) is 4.74 Å². The molecule has 1 aromatic carbocycles. The number of piperidine rings is 1. The van der Waals surface area contributed by atoms with Gasteiger partial charge in [0.15, 0.2) is 0 Å². The molecule has 1 atom stereocenters. The molecule has 0 spiro atoms. The summed E-state index contributed by atoms with van der Waals surface area (Å²) in [6.07, 6.45) is 1.90. The van der Waals surface area contributed by atoms with Crippen LogP contribution in [0.1, 0.15) is 71.7 Å². The molecule has 2 amide bonds. The quantitative estimate of drug-likeness (QED) is 0.410. The normalized spacial score (nSPS) is 18.0. The first-order chi connectivity index (χ1) is 19.6. The Labute approximate surface area is 246 Å². The summed E-state index contributed by atoms with van der Waals surface area (Å²) in [5.41, 5.74) is 1.86. The van der Waals surface area contributed by atoms with Gasteiger partial charge in [-0.1, -0.05) is 6.92 Å². The third-order valence-corrected chi connectivity index (χ3v) is 10.8. The standard InChI is InChI=1S/C29H40N4O6S2/c1-5-31-17-15-23-24(19-31)40-27(25(23)28(35)32(6-2)7-3)30-26(34)20-11-13-22(14-12-20)41(37,38)33-16-9-10-21(18-33)29(36)39-8-4/h11-14,21H,5-10,15-19H2,1-4H3,(H,30,34). The molecule has 0 saturated carbocycles. The van der Waals surface area contributed by atoms with Gasteiger partial charge in [0.1, 0.15) is 5.00 Å². The summed E-state index contributed by atoms with van der Waals surface area (Å²) >= 11 is 1.44. The number of hydrogen-bond acceptors (Lipinski definition) is 8. The van der Waals surface area contributed by atoms with Crippen molar-refractivity contribution >= 4 is 44.1 Å². The fourth-order valence-electron chi connectivity index (χ4n) is 5.43. The molecule has 1 N–H and O–H groups in total. The topological polar surface area (TPSA) is 116 Å². The van der Waals surface area contributed by atoms with Crippen LogP contribution in [0.3, 0.4) is 0 Å². The van der Waals surface area contributed by atoms with Crippen molar-refractivity contribution < 1.29 is 27.5 Å². The molecule has 41 heavy (non-hydrogen) atoms. The van der Waals surface area contributed by atoms with Gasteiger partial charge in [-0.15, -0.1) is 11.3 Å². The number of rotatable bonds is 10. The Hall–Kier alpha value is -2.80. The van der Waals surface area contributed by atoms with Crippen LogP contribution < -0.4 is 5.32 Å². The number of amides is 2. The average molecular weight is 605 g/mol. The molecule has 0 radical (unpaired) electrons. The second kappa shape index (κ2) is 13.5. The molecule has 1 fully saturated rings. The minimum Gasteiger partial charge on any atom is -0.466 e. The molecule has 224 valence electrons. The molecule has 2 aromatic rings. The van der Waals surface area contributed by atoms with Gasteiger partial charge in [0, 0.05) is 49.7 Å². The van der Waals surface area contributed by atoms with Crippen LogP contribution in [0.2, 0.25) is 0 Å². The molecule has 2 aliphatic heterocycles. The van der Waals surface area contributed by atoms with Gasteiger partial charge in [0.05, 0.1) is 23.0 Å². The van der Waals surface area contributed by atoms with Crippen molar-refractivity contribution in [2.24, 2.45) is 5.92 Å². The van der Waals surface area contributed by atoms with Crippen molar-refractivity contribution in [3.05, 3.63) is 45.8 Å². The number of thiophene rings is 1. The van der Waals surface area contributed by atoms with E-state index in [1.54, 1.807) is 11.8 Å². The number of anilines is 1. The Morgan fingerprint density at radius 2 is 1.78 bits per heavy atom. The number of carbonyl (C=O) groups is 3. The number of carbonyl (C=O) groups excluding carboxylic acids is 3. The second-order valence-electron chi connectivity index (χ2n) is 10.2. The van der Waals surface area contributed by atoms with Gasteiger partial charge in [0.2, 0.25) is 10.0 Å². The number of fused-ring (bicyclic) bond motifs is 1. The molecule has 1 unspecified atom stereocenters. The molecule has 0 aliphatic carbocycles. The highest BCUT2D eigenvalue weighted by molar-refractivity contribution is 7.89. The largest absolute Gasteiger partial charge is 0.466 e. The SMILES string of the molecule is CCOC(=O)C1CCCN(S(=O)(=O)c2ccc(C(=O)Nc3sc4c(c3C(=O)N(CC)CC)CCN(CC)C4)cc2)C1. The lowest BCUT2D eigenvalue weighted by molar-refractivity contribution is -0.149. The number of nitrogens with one attached hydrogen (secondary N) is 1. The first-order valence-corrected chi connectivity index (χ1v) is 16.6. The zero-order valence-corrected chi connectivity index (χ0v) is 25.9. The fourth-order valence-corrected chi connectivity index (χ4v) is 8.23. The summed E-state index contributed by atoms with van der Waals surface area (Å²) in [7, 11) is -3.85. The van der Waals surface area contributed by atoms with Crippen LogP contribution in [0.4, 0.5) is 5.00 Å². The molecule has 1 saturated heterocycles. The van der Waals surface area contributed by atoms with Crippen LogP contribution in [0, 0.1) is 5.92 Å². The minimum absolute atomic E-state index is 0.0576. The summed E-state index contributed by atoms with van der Waals surface area (Å²) in [6.45, 7) is 12.0. The summed E-state index contributed by atoms with van der Waals surface area (Å²) in [4.78, 5) is 44.2. The van der Waals surface area contributed by atoms with Crippen molar-refractivity contribution in [3.63, 3.8) is 0 Å². The highest BCUT2D eigenvalue weighted by atomic mass is 32.2. The van der Waals surface area contributed by atoms with E-state index in [2.05, 4.69) is 17.1 Å². The van der Waals surface area contributed by atoms with Crippen molar-refractivity contribution in [2.75, 3.05) is 51.2 Å². The van der Waals surface area contributed by atoms with Crippen molar-refractivity contribution in [2.45, 2.75) is 58.4 Å². The Kier molecular flexibility index (Phi) is 10.2. The molecule has 4 rings (SSSR count). The number of esters is 1. The molecule has 12 heteroatoms. The summed E-state index contributed by atoms with van der Waals surface area (Å²) in [5.74, 6) is -1.36. The van der Waals surface area contributed by atoms with E-state index < -0.39 is 21.8 Å². The van der Waals surface area contributed by atoms with Gasteiger partial charge in [-0.05, 0) is 76.4 Å². The maximum Gasteiger partial charge on any atom is 0.310 e. The molecular formula is C29H40N4O6S2. The van der Waals surface area contributed by atoms with E-state index in [1.807, 2.05) is 13.8 Å². The molecule has 3 heterocycles. The maximum atomic E-state index is 13.5. The number of likely N-dealkylation sites (N-methyl/N-ethyl adjacent to an activating group) is 1. The lowest BCUT2D eigenvalue weighted by Gasteiger charge is -2.30. The molecular weight excluding hydrogens is 564 g/mol. The predicted molar refractivity (Wildman–Crippen MR) is 159 cm³/mol. The first kappa shape index (κ1) is 31.1. The zero-order chi connectivity index (χ0) is 29.7. The summed E-state index contributed by atoms with van der Waals surface area (Å²) in [5, 5.41) is 3.49. The van der Waals surface area contributed by atoms with Crippen molar-refractivity contribution in [3.8, 4) is 0 Å². The lowest BCUT2D eigenvalue weighted by Crippen LogP contribution is -2.42. The van der Waals surface area contributed by atoms with Crippen LogP contribution in [-0.4, -0.2) is 86.2 Å². The number of nitrogens with zero attached hydrogens (tertiary/aromatic N) is 3. The van der Waals surface area contributed by atoms with E-state index in [0.29, 0.717) is 43.0 Å². The summed E-state index contributed by atoms with van der Waals surface area (Å²) < 4.78 is 33.0. The number of benzene rings is 1. The Morgan fingerprint density at radius 1 is 1.07 bits per heavy atom. The van der Waals surface area contributed by atoms with Crippen LogP contribution in [0.15, 0.2) is 29.2 Å². The van der Waals surface area contributed by atoms with Gasteiger partial charge in [-0.3, -0.25) is 19.3 Å².